The molecular formula is C21H31N3O4. The fourth-order valence-electron chi connectivity index (χ4n) is 4.25. The molecule has 0 aliphatic carbocycles. The standard InChI is InChI=1S/C21H31N3O4/c1-14-5-4-6-16(15(14)2)23-17(25)13-18(26)24-20(3)9-12-28-21(19(20)27)7-10-22-11-8-21/h4-6,19,22,27H,7-13H2,1-3H3,(H,23,25)(H,24,26)/t19-,20+/m0/s1. The summed E-state index contributed by atoms with van der Waals surface area (Å²) in [7, 11) is 0. The number of aryl methyl sites for hydroxylation is 1. The molecule has 28 heavy (non-hydrogen) atoms. The molecule has 2 fully saturated rings. The van der Waals surface area contributed by atoms with E-state index >= 15 is 0 Å². The molecule has 1 aromatic carbocycles. The summed E-state index contributed by atoms with van der Waals surface area (Å²) in [5.41, 5.74) is 1.32. The van der Waals surface area contributed by atoms with Crippen molar-refractivity contribution in [3.8, 4) is 0 Å². The van der Waals surface area contributed by atoms with Crippen LogP contribution in [0.1, 0.15) is 43.7 Å². The molecule has 2 amide bonds. The Morgan fingerprint density at radius 2 is 1.93 bits per heavy atom. The average molecular weight is 389 g/mol. The van der Waals surface area contributed by atoms with Crippen LogP contribution in [0.25, 0.3) is 0 Å². The first kappa shape index (κ1) is 20.8. The van der Waals surface area contributed by atoms with Crippen LogP contribution >= 0.6 is 0 Å². The molecule has 2 aliphatic heterocycles. The Morgan fingerprint density at radius 1 is 1.21 bits per heavy atom. The molecule has 2 saturated heterocycles. The van der Waals surface area contributed by atoms with Crippen LogP contribution in [0.3, 0.4) is 0 Å². The molecule has 7 nitrogen and oxygen atoms in total. The number of carbonyl (C=O) groups excluding carboxylic acids is 2. The number of rotatable bonds is 4. The predicted molar refractivity (Wildman–Crippen MR) is 107 cm³/mol. The second-order valence-electron chi connectivity index (χ2n) is 8.25. The van der Waals surface area contributed by atoms with Gasteiger partial charge in [0.25, 0.3) is 0 Å². The molecule has 0 aromatic heterocycles. The van der Waals surface area contributed by atoms with Crippen LogP contribution in [0.4, 0.5) is 5.69 Å². The molecule has 3 rings (SSSR count). The van der Waals surface area contributed by atoms with Gasteiger partial charge in [0, 0.05) is 12.3 Å². The van der Waals surface area contributed by atoms with E-state index in [1.54, 1.807) is 0 Å². The quantitative estimate of drug-likeness (QED) is 0.584. The van der Waals surface area contributed by atoms with Crippen LogP contribution in [0.15, 0.2) is 18.2 Å². The second-order valence-corrected chi connectivity index (χ2v) is 8.25. The van der Waals surface area contributed by atoms with Crippen LogP contribution < -0.4 is 16.0 Å². The highest BCUT2D eigenvalue weighted by Gasteiger charge is 2.53. The number of piperidine rings is 1. The average Bonchev–Trinajstić information content (AvgIpc) is 2.64. The Balaban J connectivity index is 1.61. The van der Waals surface area contributed by atoms with Crippen molar-refractivity contribution in [2.75, 3.05) is 25.0 Å². The Morgan fingerprint density at radius 3 is 2.64 bits per heavy atom. The van der Waals surface area contributed by atoms with Gasteiger partial charge in [-0.25, -0.2) is 0 Å². The molecule has 154 valence electrons. The largest absolute Gasteiger partial charge is 0.388 e. The number of carbonyl (C=O) groups is 2. The Labute approximate surface area is 166 Å². The van der Waals surface area contributed by atoms with E-state index in [1.165, 1.54) is 0 Å². The number of benzene rings is 1. The number of anilines is 1. The van der Waals surface area contributed by atoms with E-state index in [0.29, 0.717) is 31.6 Å². The Kier molecular flexibility index (Phi) is 6.07. The number of hydrogen-bond acceptors (Lipinski definition) is 5. The van der Waals surface area contributed by atoms with E-state index in [-0.39, 0.29) is 12.3 Å². The van der Waals surface area contributed by atoms with Crippen LogP contribution in [0.2, 0.25) is 0 Å². The maximum absolute atomic E-state index is 12.5. The zero-order chi connectivity index (χ0) is 20.4. The number of nitrogens with one attached hydrogen (secondary N) is 3. The van der Waals surface area contributed by atoms with Crippen molar-refractivity contribution in [1.29, 1.82) is 0 Å². The molecule has 2 aliphatic rings. The third-order valence-corrected chi connectivity index (χ3v) is 6.19. The highest BCUT2D eigenvalue weighted by atomic mass is 16.5. The van der Waals surface area contributed by atoms with E-state index in [2.05, 4.69) is 16.0 Å². The summed E-state index contributed by atoms with van der Waals surface area (Å²) < 4.78 is 5.96. The number of hydrogen-bond donors (Lipinski definition) is 4. The van der Waals surface area contributed by atoms with Gasteiger partial charge in [0.05, 0.1) is 11.1 Å². The normalized spacial score (nSPS) is 26.6. The van der Waals surface area contributed by atoms with Gasteiger partial charge >= 0.3 is 0 Å². The molecule has 4 N–H and O–H groups in total. The minimum absolute atomic E-state index is 0.287. The third-order valence-electron chi connectivity index (χ3n) is 6.19. The van der Waals surface area contributed by atoms with Crippen LogP contribution in [-0.4, -0.2) is 53.9 Å². The third kappa shape index (κ3) is 4.21. The molecule has 0 radical (unpaired) electrons. The second kappa shape index (κ2) is 8.19. The van der Waals surface area contributed by atoms with Crippen molar-refractivity contribution in [2.24, 2.45) is 0 Å². The van der Waals surface area contributed by atoms with Gasteiger partial charge in [0.15, 0.2) is 0 Å². The van der Waals surface area contributed by atoms with Crippen LogP contribution in [-0.2, 0) is 14.3 Å². The maximum Gasteiger partial charge on any atom is 0.233 e. The van der Waals surface area contributed by atoms with E-state index in [9.17, 15) is 14.7 Å². The van der Waals surface area contributed by atoms with Gasteiger partial charge in [-0.1, -0.05) is 12.1 Å². The van der Waals surface area contributed by atoms with Crippen molar-refractivity contribution in [3.63, 3.8) is 0 Å². The monoisotopic (exact) mass is 389 g/mol. The lowest BCUT2D eigenvalue weighted by Gasteiger charge is -2.52. The van der Waals surface area contributed by atoms with Crippen molar-refractivity contribution < 1.29 is 19.4 Å². The molecular weight excluding hydrogens is 358 g/mol. The van der Waals surface area contributed by atoms with Crippen LogP contribution in [0, 0.1) is 13.8 Å². The van der Waals surface area contributed by atoms with E-state index in [1.807, 2.05) is 39.0 Å². The number of amides is 2. The van der Waals surface area contributed by atoms with Gasteiger partial charge in [-0.3, -0.25) is 9.59 Å². The minimum Gasteiger partial charge on any atom is -0.388 e. The summed E-state index contributed by atoms with van der Waals surface area (Å²) >= 11 is 0. The summed E-state index contributed by atoms with van der Waals surface area (Å²) in [6.45, 7) is 7.77. The predicted octanol–water partition coefficient (Wildman–Crippen LogP) is 1.41. The SMILES string of the molecule is Cc1cccc(NC(=O)CC(=O)N[C@]2(C)CCOC3(CCNCC3)[C@H]2O)c1C. The lowest BCUT2D eigenvalue weighted by atomic mass is 9.73. The van der Waals surface area contributed by atoms with Gasteiger partial charge in [0.1, 0.15) is 12.5 Å². The lowest BCUT2D eigenvalue weighted by molar-refractivity contribution is -0.200. The first-order valence-corrected chi connectivity index (χ1v) is 9.96. The molecule has 0 unspecified atom stereocenters. The van der Waals surface area contributed by atoms with Crippen molar-refractivity contribution in [3.05, 3.63) is 29.3 Å². The molecule has 2 atom stereocenters. The van der Waals surface area contributed by atoms with Crippen molar-refractivity contribution >= 4 is 17.5 Å². The lowest BCUT2D eigenvalue weighted by Crippen LogP contribution is -2.69. The number of aliphatic hydroxyl groups excluding tert-OH is 1. The first-order valence-electron chi connectivity index (χ1n) is 9.96. The van der Waals surface area contributed by atoms with Crippen molar-refractivity contribution in [1.82, 2.24) is 10.6 Å². The topological polar surface area (TPSA) is 99.7 Å². The summed E-state index contributed by atoms with van der Waals surface area (Å²) in [5.74, 6) is -0.761. The molecule has 0 saturated carbocycles. The smallest absolute Gasteiger partial charge is 0.233 e. The van der Waals surface area contributed by atoms with Crippen LogP contribution in [0.5, 0.6) is 0 Å². The summed E-state index contributed by atoms with van der Waals surface area (Å²) in [6, 6.07) is 5.67. The van der Waals surface area contributed by atoms with Gasteiger partial charge in [-0.05, 0) is 70.3 Å². The minimum atomic E-state index is -0.818. The van der Waals surface area contributed by atoms with Gasteiger partial charge in [0.2, 0.25) is 11.8 Å². The first-order chi connectivity index (χ1) is 13.3. The van der Waals surface area contributed by atoms with Gasteiger partial charge < -0.3 is 25.8 Å². The van der Waals surface area contributed by atoms with Gasteiger partial charge in [-0.2, -0.15) is 0 Å². The van der Waals surface area contributed by atoms with Gasteiger partial charge in [-0.15, -0.1) is 0 Å². The number of ether oxygens (including phenoxy) is 1. The fraction of sp³-hybridized carbons (Fsp3) is 0.619. The Hall–Kier alpha value is -1.96. The zero-order valence-corrected chi connectivity index (χ0v) is 16.9. The molecule has 7 heteroatoms. The van der Waals surface area contributed by atoms with E-state index < -0.39 is 23.2 Å². The van der Waals surface area contributed by atoms with E-state index in [0.717, 1.165) is 24.2 Å². The summed E-state index contributed by atoms with van der Waals surface area (Å²) in [6.07, 6.45) is 0.806. The zero-order valence-electron chi connectivity index (χ0n) is 16.9. The maximum atomic E-state index is 12.5. The highest BCUT2D eigenvalue weighted by molar-refractivity contribution is 6.04. The molecule has 2 heterocycles. The highest BCUT2D eigenvalue weighted by Crippen LogP contribution is 2.38. The number of aliphatic hydroxyl groups is 1. The van der Waals surface area contributed by atoms with E-state index in [4.69, 9.17) is 4.74 Å². The molecule has 0 bridgehead atoms. The Bertz CT molecular complexity index is 740. The fourth-order valence-corrected chi connectivity index (χ4v) is 4.25. The molecule has 1 spiro atoms. The summed E-state index contributed by atoms with van der Waals surface area (Å²) in [4.78, 5) is 24.9. The van der Waals surface area contributed by atoms with Crippen molar-refractivity contribution in [2.45, 2.75) is 63.7 Å². The summed E-state index contributed by atoms with van der Waals surface area (Å²) in [5, 5.41) is 20.0. The molecule has 1 aromatic rings.